The molecule has 4 rings (SSSR count). The number of rotatable bonds is 4. The summed E-state index contributed by atoms with van der Waals surface area (Å²) in [6.45, 7) is 3.60. The average molecular weight is 495 g/mol. The summed E-state index contributed by atoms with van der Waals surface area (Å²) < 4.78 is 3.59. The number of fused-ring (bicyclic) bond motifs is 1. The number of hydrogen-bond acceptors (Lipinski definition) is 5. The smallest absolute Gasteiger partial charge is 0.308 e. The highest BCUT2D eigenvalue weighted by atomic mass is 79.9. The predicted octanol–water partition coefficient (Wildman–Crippen LogP) is 3.31. The van der Waals surface area contributed by atoms with Crippen molar-refractivity contribution in [3.63, 3.8) is 0 Å². The number of urea groups is 1. The van der Waals surface area contributed by atoms with E-state index in [9.17, 15) is 14.4 Å². The van der Waals surface area contributed by atoms with Crippen LogP contribution in [-0.2, 0) is 11.3 Å². The van der Waals surface area contributed by atoms with Gasteiger partial charge in [0.05, 0.1) is 11.9 Å². The first-order valence-electron chi connectivity index (χ1n) is 9.68. The van der Waals surface area contributed by atoms with Crippen LogP contribution in [0.1, 0.15) is 11.1 Å². The van der Waals surface area contributed by atoms with E-state index in [-0.39, 0.29) is 11.9 Å². The number of carbonyl (C=O) groups is 2. The van der Waals surface area contributed by atoms with Crippen LogP contribution in [0.2, 0.25) is 0 Å². The van der Waals surface area contributed by atoms with E-state index < -0.39 is 17.5 Å². The third-order valence-electron chi connectivity index (χ3n) is 4.67. The fourth-order valence-electron chi connectivity index (χ4n) is 3.34. The number of amides is 3. The molecule has 2 aromatic heterocycles. The van der Waals surface area contributed by atoms with Crippen molar-refractivity contribution in [3.05, 3.63) is 80.9 Å². The van der Waals surface area contributed by atoms with Gasteiger partial charge in [0.15, 0.2) is 5.65 Å². The van der Waals surface area contributed by atoms with E-state index in [1.807, 2.05) is 32.0 Å². The van der Waals surface area contributed by atoms with Crippen LogP contribution in [0.5, 0.6) is 0 Å². The summed E-state index contributed by atoms with van der Waals surface area (Å²) in [6.07, 6.45) is 2.70. The second-order valence-corrected chi connectivity index (χ2v) is 8.24. The largest absolute Gasteiger partial charge is 0.325 e. The number of anilines is 1. The quantitative estimate of drug-likeness (QED) is 0.452. The first-order valence-corrected chi connectivity index (χ1v) is 10.5. The minimum atomic E-state index is -0.693. The molecule has 10 heteroatoms. The normalized spacial score (nSPS) is 10.8. The van der Waals surface area contributed by atoms with E-state index in [0.717, 1.165) is 25.9 Å². The van der Waals surface area contributed by atoms with Gasteiger partial charge in [0.1, 0.15) is 18.3 Å². The molecule has 0 unspecified atom stereocenters. The van der Waals surface area contributed by atoms with Crippen molar-refractivity contribution >= 4 is 44.6 Å². The van der Waals surface area contributed by atoms with Gasteiger partial charge in [-0.25, -0.2) is 14.5 Å². The fourth-order valence-corrected chi connectivity index (χ4v) is 3.60. The minimum absolute atomic E-state index is 0.277. The summed E-state index contributed by atoms with van der Waals surface area (Å²) in [4.78, 5) is 41.5. The predicted molar refractivity (Wildman–Crippen MR) is 124 cm³/mol. The Balaban J connectivity index is 1.50. The van der Waals surface area contributed by atoms with Crippen LogP contribution in [0.15, 0.2) is 64.3 Å². The SMILES string of the molecule is Cc1cc(C)cc(-n2ncc3c(=O)n(CC(=O)NC(=O)Nc4ccc(Br)cc4)cnc32)c1. The minimum Gasteiger partial charge on any atom is -0.308 e. The van der Waals surface area contributed by atoms with Crippen LogP contribution in [0.4, 0.5) is 10.5 Å². The number of aryl methyl sites for hydroxylation is 2. The van der Waals surface area contributed by atoms with Crippen molar-refractivity contribution in [2.75, 3.05) is 5.32 Å². The summed E-state index contributed by atoms with van der Waals surface area (Å²) in [6, 6.07) is 12.1. The molecule has 0 aliphatic carbocycles. The van der Waals surface area contributed by atoms with Crippen molar-refractivity contribution in [1.29, 1.82) is 0 Å². The highest BCUT2D eigenvalue weighted by Crippen LogP contribution is 2.17. The van der Waals surface area contributed by atoms with Crippen molar-refractivity contribution in [2.45, 2.75) is 20.4 Å². The van der Waals surface area contributed by atoms with Crippen LogP contribution >= 0.6 is 15.9 Å². The molecular weight excluding hydrogens is 476 g/mol. The van der Waals surface area contributed by atoms with Crippen molar-refractivity contribution in [1.82, 2.24) is 24.6 Å². The number of halogens is 1. The molecular formula is C22H19BrN6O3. The molecule has 2 aromatic carbocycles. The van der Waals surface area contributed by atoms with Crippen molar-refractivity contribution in [3.8, 4) is 5.69 Å². The summed E-state index contributed by atoms with van der Waals surface area (Å²) in [7, 11) is 0. The van der Waals surface area contributed by atoms with Gasteiger partial charge in [-0.1, -0.05) is 22.0 Å². The second-order valence-electron chi connectivity index (χ2n) is 7.33. The van der Waals surface area contributed by atoms with Gasteiger partial charge in [-0.2, -0.15) is 5.10 Å². The number of nitrogens with zero attached hydrogens (tertiary/aromatic N) is 4. The number of nitrogens with one attached hydrogen (secondary N) is 2. The number of aromatic nitrogens is 4. The Labute approximate surface area is 191 Å². The van der Waals surface area contributed by atoms with E-state index in [2.05, 4.69) is 36.6 Å². The molecule has 0 bridgehead atoms. The first-order chi connectivity index (χ1) is 15.3. The standard InChI is InChI=1S/C22H19BrN6O3/c1-13-7-14(2)9-17(8-13)29-20-18(10-25-29)21(31)28(12-24-20)11-19(30)27-22(32)26-16-5-3-15(23)4-6-16/h3-10,12H,11H2,1-2H3,(H2,26,27,30,32). The monoisotopic (exact) mass is 494 g/mol. The van der Waals surface area contributed by atoms with Crippen LogP contribution < -0.4 is 16.2 Å². The molecule has 0 radical (unpaired) electrons. The Hall–Kier alpha value is -3.79. The Morgan fingerprint density at radius 1 is 1.06 bits per heavy atom. The number of carbonyl (C=O) groups excluding carboxylic acids is 2. The lowest BCUT2D eigenvalue weighted by atomic mass is 10.1. The first kappa shape index (κ1) is 21.4. The molecule has 2 heterocycles. The van der Waals surface area contributed by atoms with E-state index in [1.54, 1.807) is 28.9 Å². The molecule has 9 nitrogen and oxygen atoms in total. The van der Waals surface area contributed by atoms with Crippen molar-refractivity contribution < 1.29 is 9.59 Å². The lowest BCUT2D eigenvalue weighted by Crippen LogP contribution is -2.38. The Kier molecular flexibility index (Phi) is 5.87. The second kappa shape index (κ2) is 8.75. The molecule has 32 heavy (non-hydrogen) atoms. The molecule has 0 aliphatic rings. The maximum Gasteiger partial charge on any atom is 0.325 e. The summed E-state index contributed by atoms with van der Waals surface area (Å²) >= 11 is 3.31. The molecule has 0 saturated heterocycles. The molecule has 3 amide bonds. The van der Waals surface area contributed by atoms with E-state index in [0.29, 0.717) is 11.3 Å². The van der Waals surface area contributed by atoms with E-state index in [4.69, 9.17) is 0 Å². The Morgan fingerprint density at radius 3 is 2.44 bits per heavy atom. The number of imide groups is 1. The lowest BCUT2D eigenvalue weighted by Gasteiger charge is -2.09. The molecule has 0 saturated carbocycles. The molecule has 4 aromatic rings. The molecule has 2 N–H and O–H groups in total. The number of hydrogen-bond donors (Lipinski definition) is 2. The average Bonchev–Trinajstić information content (AvgIpc) is 3.16. The van der Waals surface area contributed by atoms with E-state index in [1.165, 1.54) is 12.5 Å². The molecule has 0 aliphatic heterocycles. The van der Waals surface area contributed by atoms with Crippen LogP contribution in [0.3, 0.4) is 0 Å². The highest BCUT2D eigenvalue weighted by molar-refractivity contribution is 9.10. The van der Waals surface area contributed by atoms with Gasteiger partial charge in [0.2, 0.25) is 5.91 Å². The topological polar surface area (TPSA) is 111 Å². The summed E-state index contributed by atoms with van der Waals surface area (Å²) in [5, 5.41) is 9.33. The fraction of sp³-hybridized carbons (Fsp3) is 0.136. The molecule has 162 valence electrons. The molecule has 0 atom stereocenters. The van der Waals surface area contributed by atoms with Crippen LogP contribution in [0, 0.1) is 13.8 Å². The Morgan fingerprint density at radius 2 is 1.75 bits per heavy atom. The maximum atomic E-state index is 12.8. The lowest BCUT2D eigenvalue weighted by molar-refractivity contribution is -0.120. The van der Waals surface area contributed by atoms with Gasteiger partial charge in [0.25, 0.3) is 5.56 Å². The van der Waals surface area contributed by atoms with Gasteiger partial charge in [0, 0.05) is 10.2 Å². The molecule has 0 fully saturated rings. The summed E-state index contributed by atoms with van der Waals surface area (Å²) in [5.41, 5.74) is 3.42. The van der Waals surface area contributed by atoms with Gasteiger partial charge in [-0.05, 0) is 61.4 Å². The maximum absolute atomic E-state index is 12.8. The van der Waals surface area contributed by atoms with Gasteiger partial charge in [-0.3, -0.25) is 19.5 Å². The van der Waals surface area contributed by atoms with Crippen LogP contribution in [-0.4, -0.2) is 31.3 Å². The zero-order valence-electron chi connectivity index (χ0n) is 17.3. The zero-order chi connectivity index (χ0) is 22.8. The van der Waals surface area contributed by atoms with E-state index >= 15 is 0 Å². The van der Waals surface area contributed by atoms with Crippen LogP contribution in [0.25, 0.3) is 16.7 Å². The van der Waals surface area contributed by atoms with Crippen molar-refractivity contribution in [2.24, 2.45) is 0 Å². The third kappa shape index (κ3) is 4.59. The van der Waals surface area contributed by atoms with Gasteiger partial charge < -0.3 is 5.32 Å². The Bertz CT molecular complexity index is 1370. The van der Waals surface area contributed by atoms with Gasteiger partial charge >= 0.3 is 6.03 Å². The molecule has 0 spiro atoms. The number of benzene rings is 2. The van der Waals surface area contributed by atoms with Gasteiger partial charge in [-0.15, -0.1) is 0 Å². The highest BCUT2D eigenvalue weighted by Gasteiger charge is 2.15. The third-order valence-corrected chi connectivity index (χ3v) is 5.20. The zero-order valence-corrected chi connectivity index (χ0v) is 18.9. The summed E-state index contributed by atoms with van der Waals surface area (Å²) in [5.74, 6) is -0.649.